The molecule has 11 heavy (non-hydrogen) atoms. The Morgan fingerprint density at radius 2 is 2.55 bits per heavy atom. The van der Waals surface area contributed by atoms with Crippen LogP contribution in [0.4, 0.5) is 0 Å². The molecule has 0 fully saturated rings. The largest absolute Gasteiger partial charge is 0.399 e. The molecule has 0 aliphatic rings. The Bertz CT molecular complexity index is 279. The SMILES string of the molecule is NC=C(c1cccs1)[N+](=O)[O-]. The third-order valence-corrected chi connectivity index (χ3v) is 2.02. The minimum atomic E-state index is -0.494. The van der Waals surface area contributed by atoms with E-state index in [1.807, 2.05) is 0 Å². The zero-order chi connectivity index (χ0) is 8.27. The Labute approximate surface area is 67.1 Å². The highest BCUT2D eigenvalue weighted by atomic mass is 32.1. The molecule has 1 aromatic rings. The summed E-state index contributed by atoms with van der Waals surface area (Å²) in [6.45, 7) is 0. The van der Waals surface area contributed by atoms with Gasteiger partial charge in [-0.1, -0.05) is 6.07 Å². The minimum Gasteiger partial charge on any atom is -0.399 e. The van der Waals surface area contributed by atoms with Gasteiger partial charge < -0.3 is 5.73 Å². The fourth-order valence-electron chi connectivity index (χ4n) is 0.657. The molecular formula is C6H6N2O2S. The van der Waals surface area contributed by atoms with Crippen molar-refractivity contribution in [1.82, 2.24) is 0 Å². The van der Waals surface area contributed by atoms with Gasteiger partial charge in [0, 0.05) is 0 Å². The fraction of sp³-hybridized carbons (Fsp3) is 0. The van der Waals surface area contributed by atoms with Crippen LogP contribution in [0.3, 0.4) is 0 Å². The van der Waals surface area contributed by atoms with Crippen LogP contribution < -0.4 is 5.73 Å². The molecule has 0 spiro atoms. The summed E-state index contributed by atoms with van der Waals surface area (Å²) >= 11 is 1.29. The van der Waals surface area contributed by atoms with Gasteiger partial charge in [-0.2, -0.15) is 0 Å². The molecule has 0 unspecified atom stereocenters. The van der Waals surface area contributed by atoms with Gasteiger partial charge in [0.2, 0.25) is 0 Å². The highest BCUT2D eigenvalue weighted by Crippen LogP contribution is 2.18. The van der Waals surface area contributed by atoms with Crippen LogP contribution in [0, 0.1) is 10.1 Å². The molecule has 0 aliphatic carbocycles. The van der Waals surface area contributed by atoms with Crippen LogP contribution in [-0.4, -0.2) is 4.92 Å². The lowest BCUT2D eigenvalue weighted by molar-refractivity contribution is -0.375. The molecule has 0 aromatic carbocycles. The highest BCUT2D eigenvalue weighted by Gasteiger charge is 2.12. The standard InChI is InChI=1S/C6H6N2O2S/c7-4-5(8(9)10)6-2-1-3-11-6/h1-4H,7H2. The van der Waals surface area contributed by atoms with E-state index in [9.17, 15) is 10.1 Å². The second kappa shape index (κ2) is 3.16. The van der Waals surface area contributed by atoms with Gasteiger partial charge in [-0.3, -0.25) is 10.1 Å². The van der Waals surface area contributed by atoms with E-state index in [4.69, 9.17) is 5.73 Å². The molecule has 2 N–H and O–H groups in total. The van der Waals surface area contributed by atoms with E-state index in [1.54, 1.807) is 17.5 Å². The smallest absolute Gasteiger partial charge is 0.301 e. The number of nitro groups is 1. The van der Waals surface area contributed by atoms with Gasteiger partial charge in [-0.25, -0.2) is 0 Å². The summed E-state index contributed by atoms with van der Waals surface area (Å²) in [4.78, 5) is 10.4. The molecule has 0 saturated carbocycles. The summed E-state index contributed by atoms with van der Waals surface area (Å²) in [5, 5.41) is 12.1. The predicted octanol–water partition coefficient (Wildman–Crippen LogP) is 1.28. The number of thiophene rings is 1. The van der Waals surface area contributed by atoms with E-state index >= 15 is 0 Å². The van der Waals surface area contributed by atoms with Crippen LogP contribution in [0.25, 0.3) is 5.70 Å². The summed E-state index contributed by atoms with van der Waals surface area (Å²) in [7, 11) is 0. The van der Waals surface area contributed by atoms with Crippen LogP contribution in [0.2, 0.25) is 0 Å². The van der Waals surface area contributed by atoms with Crippen molar-refractivity contribution >= 4 is 17.0 Å². The summed E-state index contributed by atoms with van der Waals surface area (Å²) in [6, 6.07) is 3.40. The Morgan fingerprint density at radius 3 is 2.91 bits per heavy atom. The van der Waals surface area contributed by atoms with Gasteiger partial charge in [0.15, 0.2) is 0 Å². The third kappa shape index (κ3) is 1.56. The van der Waals surface area contributed by atoms with Crippen molar-refractivity contribution in [1.29, 1.82) is 0 Å². The second-order valence-corrected chi connectivity index (χ2v) is 2.73. The van der Waals surface area contributed by atoms with E-state index in [0.29, 0.717) is 4.88 Å². The maximum Gasteiger partial charge on any atom is 0.301 e. The number of hydrogen-bond acceptors (Lipinski definition) is 4. The molecule has 1 rings (SSSR count). The average molecular weight is 170 g/mol. The highest BCUT2D eigenvalue weighted by molar-refractivity contribution is 7.11. The first-order valence-corrected chi connectivity index (χ1v) is 3.74. The fourth-order valence-corrected chi connectivity index (χ4v) is 1.38. The van der Waals surface area contributed by atoms with Crippen LogP contribution in [-0.2, 0) is 0 Å². The van der Waals surface area contributed by atoms with E-state index in [-0.39, 0.29) is 5.70 Å². The summed E-state index contributed by atoms with van der Waals surface area (Å²) in [5.74, 6) is 0. The summed E-state index contributed by atoms with van der Waals surface area (Å²) < 4.78 is 0. The topological polar surface area (TPSA) is 69.2 Å². The molecule has 1 aromatic heterocycles. The molecule has 1 heterocycles. The summed E-state index contributed by atoms with van der Waals surface area (Å²) in [6.07, 6.45) is 1.01. The Kier molecular flexibility index (Phi) is 2.22. The first-order chi connectivity index (χ1) is 5.25. The average Bonchev–Trinajstić information content (AvgIpc) is 2.40. The molecule has 0 atom stereocenters. The van der Waals surface area contributed by atoms with Crippen molar-refractivity contribution in [2.24, 2.45) is 5.73 Å². The minimum absolute atomic E-state index is 0.0417. The van der Waals surface area contributed by atoms with Gasteiger partial charge >= 0.3 is 5.70 Å². The first kappa shape index (κ1) is 7.74. The zero-order valence-corrected chi connectivity index (χ0v) is 6.38. The van der Waals surface area contributed by atoms with Gasteiger partial charge in [0.1, 0.15) is 4.88 Å². The Hall–Kier alpha value is -1.36. The van der Waals surface area contributed by atoms with Crippen molar-refractivity contribution in [3.63, 3.8) is 0 Å². The van der Waals surface area contributed by atoms with Gasteiger partial charge in [0.05, 0.1) is 11.1 Å². The molecular weight excluding hydrogens is 164 g/mol. The number of rotatable bonds is 2. The zero-order valence-electron chi connectivity index (χ0n) is 5.56. The lowest BCUT2D eigenvalue weighted by atomic mass is 10.4. The maximum absolute atomic E-state index is 10.3. The Morgan fingerprint density at radius 1 is 1.82 bits per heavy atom. The normalized spacial score (nSPS) is 11.5. The quantitative estimate of drug-likeness (QED) is 0.537. The molecule has 0 amide bonds. The van der Waals surface area contributed by atoms with Crippen LogP contribution in [0.5, 0.6) is 0 Å². The predicted molar refractivity (Wildman–Crippen MR) is 43.5 cm³/mol. The van der Waals surface area contributed by atoms with Crippen molar-refractivity contribution in [2.45, 2.75) is 0 Å². The molecule has 0 radical (unpaired) electrons. The van der Waals surface area contributed by atoms with E-state index < -0.39 is 4.92 Å². The molecule has 58 valence electrons. The van der Waals surface area contributed by atoms with Crippen molar-refractivity contribution in [3.05, 3.63) is 38.7 Å². The van der Waals surface area contributed by atoms with Crippen molar-refractivity contribution < 1.29 is 4.92 Å². The Balaban J connectivity index is 2.99. The number of nitrogens with zero attached hydrogens (tertiary/aromatic N) is 1. The van der Waals surface area contributed by atoms with E-state index in [0.717, 1.165) is 6.20 Å². The van der Waals surface area contributed by atoms with Gasteiger partial charge in [0.25, 0.3) is 0 Å². The van der Waals surface area contributed by atoms with E-state index in [1.165, 1.54) is 11.3 Å². The molecule has 0 bridgehead atoms. The maximum atomic E-state index is 10.3. The van der Waals surface area contributed by atoms with Gasteiger partial charge in [-0.15, -0.1) is 11.3 Å². The number of hydrogen-bond donors (Lipinski definition) is 1. The van der Waals surface area contributed by atoms with Crippen LogP contribution in [0.1, 0.15) is 4.88 Å². The molecule has 5 heteroatoms. The van der Waals surface area contributed by atoms with Crippen molar-refractivity contribution in [3.8, 4) is 0 Å². The third-order valence-electron chi connectivity index (χ3n) is 1.13. The van der Waals surface area contributed by atoms with Gasteiger partial charge in [-0.05, 0) is 11.4 Å². The first-order valence-electron chi connectivity index (χ1n) is 2.86. The lowest BCUT2D eigenvalue weighted by Gasteiger charge is -1.90. The molecule has 0 aliphatic heterocycles. The van der Waals surface area contributed by atoms with E-state index in [2.05, 4.69) is 0 Å². The monoisotopic (exact) mass is 170 g/mol. The van der Waals surface area contributed by atoms with Crippen LogP contribution >= 0.6 is 11.3 Å². The second-order valence-electron chi connectivity index (χ2n) is 1.79. The summed E-state index contributed by atoms with van der Waals surface area (Å²) in [5.41, 5.74) is 5.03. The molecule has 4 nitrogen and oxygen atoms in total. The lowest BCUT2D eigenvalue weighted by Crippen LogP contribution is -1.98. The number of nitrogens with two attached hydrogens (primary N) is 1. The van der Waals surface area contributed by atoms with Crippen LogP contribution in [0.15, 0.2) is 23.7 Å². The molecule has 0 saturated heterocycles. The van der Waals surface area contributed by atoms with Crippen molar-refractivity contribution in [2.75, 3.05) is 0 Å².